The zero-order valence-corrected chi connectivity index (χ0v) is 11.3. The fourth-order valence-electron chi connectivity index (χ4n) is 1.94. The second-order valence-corrected chi connectivity index (χ2v) is 7.00. The van der Waals surface area contributed by atoms with Crippen LogP contribution in [0.3, 0.4) is 0 Å². The number of aryl methyl sites for hydroxylation is 1. The van der Waals surface area contributed by atoms with Gasteiger partial charge in [-0.25, -0.2) is 0 Å². The molecule has 1 atom stereocenters. The fraction of sp³-hybridized carbons (Fsp3) is 0.133. The maximum Gasteiger partial charge on any atom is 0.151 e. The minimum atomic E-state index is -1.55. The maximum absolute atomic E-state index is 12.3. The molecule has 0 fully saturated rings. The first-order chi connectivity index (χ1) is 8.18. The number of carbonyl (C=O) groups excluding carboxylic acids is 1. The van der Waals surface area contributed by atoms with Crippen LogP contribution in [0.5, 0.6) is 0 Å². The van der Waals surface area contributed by atoms with Crippen LogP contribution in [-0.2, 0) is 0 Å². The molecule has 0 amide bonds. The van der Waals surface area contributed by atoms with E-state index >= 15 is 0 Å². The van der Waals surface area contributed by atoms with E-state index in [1.807, 2.05) is 36.4 Å². The van der Waals surface area contributed by atoms with Crippen molar-refractivity contribution in [3.05, 3.63) is 65.7 Å². The summed E-state index contributed by atoms with van der Waals surface area (Å²) in [7, 11) is -1.55. The Bertz CT molecular complexity index is 519. The van der Waals surface area contributed by atoms with Crippen LogP contribution in [0.15, 0.2) is 54.6 Å². The molecule has 0 saturated heterocycles. The van der Waals surface area contributed by atoms with Crippen molar-refractivity contribution in [2.75, 3.05) is 0 Å². The Balaban J connectivity index is 2.27. The number of hydrogen-bond acceptors (Lipinski definition) is 1. The fourth-order valence-corrected chi connectivity index (χ4v) is 3.85. The Hall–Kier alpha value is -1.67. The molecule has 0 aliphatic carbocycles. The van der Waals surface area contributed by atoms with Gasteiger partial charge in [-0.15, -0.1) is 0 Å². The molecule has 86 valence electrons. The van der Waals surface area contributed by atoms with Crippen LogP contribution in [0.2, 0.25) is 6.55 Å². The number of hydrogen-bond donors (Lipinski definition) is 0. The molecule has 0 spiro atoms. The van der Waals surface area contributed by atoms with Crippen molar-refractivity contribution in [2.24, 2.45) is 0 Å². The molecule has 2 heteroatoms. The molecular weight excluding hydrogens is 224 g/mol. The molecule has 2 aromatic rings. The minimum Gasteiger partial charge on any atom is -0.300 e. The lowest BCUT2D eigenvalue weighted by Crippen LogP contribution is -2.36. The lowest BCUT2D eigenvalue weighted by Gasteiger charge is -2.10. The third-order valence-corrected chi connectivity index (χ3v) is 5.47. The molecule has 0 aliphatic heterocycles. The summed E-state index contributed by atoms with van der Waals surface area (Å²) in [5.41, 5.74) is 2.07. The predicted molar refractivity (Wildman–Crippen MR) is 74.6 cm³/mol. The molecule has 1 nitrogen and oxygen atoms in total. The van der Waals surface area contributed by atoms with Gasteiger partial charge in [-0.2, -0.15) is 0 Å². The van der Waals surface area contributed by atoms with Crippen LogP contribution in [-0.4, -0.2) is 14.2 Å². The zero-order valence-electron chi connectivity index (χ0n) is 10.2. The standard InChI is InChI=1S/C15H16OSi/c1-12-7-6-10-14(11-12)17(2)15(16)13-8-4-3-5-9-13/h3-11,17H,1-2H3. The second kappa shape index (κ2) is 5.10. The highest BCUT2D eigenvalue weighted by Gasteiger charge is 2.18. The maximum atomic E-state index is 12.3. The summed E-state index contributed by atoms with van der Waals surface area (Å²) < 4.78 is 0. The van der Waals surface area contributed by atoms with Crippen LogP contribution < -0.4 is 5.19 Å². The molecule has 0 bridgehead atoms. The van der Waals surface area contributed by atoms with Gasteiger partial charge >= 0.3 is 0 Å². The van der Waals surface area contributed by atoms with Gasteiger partial charge in [0.25, 0.3) is 0 Å². The molecular formula is C15H16OSi. The molecule has 2 rings (SSSR count). The van der Waals surface area contributed by atoms with Crippen LogP contribution in [0.4, 0.5) is 0 Å². The van der Waals surface area contributed by atoms with Crippen LogP contribution in [0.1, 0.15) is 15.9 Å². The molecule has 0 N–H and O–H groups in total. The van der Waals surface area contributed by atoms with Crippen LogP contribution >= 0.6 is 0 Å². The summed E-state index contributed by atoms with van der Waals surface area (Å²) >= 11 is 0. The summed E-state index contributed by atoms with van der Waals surface area (Å²) in [6, 6.07) is 17.9. The van der Waals surface area contributed by atoms with Crippen molar-refractivity contribution in [2.45, 2.75) is 13.5 Å². The Morgan fingerprint density at radius 1 is 1.00 bits per heavy atom. The lowest BCUT2D eigenvalue weighted by molar-refractivity contribution is 0.107. The van der Waals surface area contributed by atoms with E-state index in [-0.39, 0.29) is 0 Å². The average Bonchev–Trinajstić information content (AvgIpc) is 2.38. The van der Waals surface area contributed by atoms with Gasteiger partial charge in [0.05, 0.1) is 0 Å². The summed E-state index contributed by atoms with van der Waals surface area (Å²) in [5, 5.41) is 1.54. The zero-order chi connectivity index (χ0) is 12.3. The first-order valence-corrected chi connectivity index (χ1v) is 8.15. The Morgan fingerprint density at radius 3 is 2.35 bits per heavy atom. The molecule has 2 aromatic carbocycles. The van der Waals surface area contributed by atoms with Crippen LogP contribution in [0, 0.1) is 6.92 Å². The normalized spacial score (nSPS) is 12.1. The molecule has 1 unspecified atom stereocenters. The molecule has 0 radical (unpaired) electrons. The molecule has 0 saturated carbocycles. The Morgan fingerprint density at radius 2 is 1.71 bits per heavy atom. The molecule has 0 heterocycles. The Kier molecular flexibility index (Phi) is 3.54. The van der Waals surface area contributed by atoms with Crippen molar-refractivity contribution >= 4 is 19.4 Å². The highest BCUT2D eigenvalue weighted by Crippen LogP contribution is 2.04. The van der Waals surface area contributed by atoms with Gasteiger partial charge in [-0.05, 0) is 6.92 Å². The van der Waals surface area contributed by atoms with E-state index in [1.54, 1.807) is 0 Å². The number of rotatable bonds is 3. The molecule has 0 aromatic heterocycles. The Labute approximate surface area is 104 Å². The highest BCUT2D eigenvalue weighted by atomic mass is 28.3. The van der Waals surface area contributed by atoms with Crippen molar-refractivity contribution in [3.63, 3.8) is 0 Å². The predicted octanol–water partition coefficient (Wildman–Crippen LogP) is 2.48. The van der Waals surface area contributed by atoms with Gasteiger partial charge in [0.1, 0.15) is 5.41 Å². The minimum absolute atomic E-state index is 0.316. The topological polar surface area (TPSA) is 17.1 Å². The third-order valence-electron chi connectivity index (χ3n) is 2.99. The number of benzene rings is 2. The first kappa shape index (κ1) is 11.8. The van der Waals surface area contributed by atoms with Crippen LogP contribution in [0.25, 0.3) is 0 Å². The van der Waals surface area contributed by atoms with Gasteiger partial charge in [0.15, 0.2) is 8.80 Å². The third kappa shape index (κ3) is 2.71. The largest absolute Gasteiger partial charge is 0.300 e. The van der Waals surface area contributed by atoms with E-state index in [4.69, 9.17) is 0 Å². The van der Waals surface area contributed by atoms with E-state index in [9.17, 15) is 4.79 Å². The van der Waals surface area contributed by atoms with Gasteiger partial charge in [-0.1, -0.05) is 71.9 Å². The smallest absolute Gasteiger partial charge is 0.151 e. The average molecular weight is 240 g/mol. The van der Waals surface area contributed by atoms with E-state index in [0.29, 0.717) is 5.41 Å². The highest BCUT2D eigenvalue weighted by molar-refractivity contribution is 7.00. The van der Waals surface area contributed by atoms with Crippen molar-refractivity contribution in [3.8, 4) is 0 Å². The number of carbonyl (C=O) groups is 1. The van der Waals surface area contributed by atoms with Crippen molar-refractivity contribution in [1.82, 2.24) is 0 Å². The molecule has 0 aliphatic rings. The second-order valence-electron chi connectivity index (χ2n) is 4.37. The summed E-state index contributed by atoms with van der Waals surface area (Å²) in [4.78, 5) is 12.3. The summed E-state index contributed by atoms with van der Waals surface area (Å²) in [6.45, 7) is 4.17. The van der Waals surface area contributed by atoms with E-state index in [1.165, 1.54) is 10.8 Å². The van der Waals surface area contributed by atoms with Gasteiger partial charge in [-0.3, -0.25) is 0 Å². The quantitative estimate of drug-likeness (QED) is 0.753. The van der Waals surface area contributed by atoms with Gasteiger partial charge in [0.2, 0.25) is 0 Å². The monoisotopic (exact) mass is 240 g/mol. The molecule has 17 heavy (non-hydrogen) atoms. The van der Waals surface area contributed by atoms with E-state index in [0.717, 1.165) is 5.56 Å². The lowest BCUT2D eigenvalue weighted by atomic mass is 10.2. The van der Waals surface area contributed by atoms with Crippen molar-refractivity contribution < 1.29 is 4.79 Å². The van der Waals surface area contributed by atoms with E-state index in [2.05, 4.69) is 31.7 Å². The van der Waals surface area contributed by atoms with Crippen molar-refractivity contribution in [1.29, 1.82) is 0 Å². The van der Waals surface area contributed by atoms with Gasteiger partial charge < -0.3 is 4.79 Å². The summed E-state index contributed by atoms with van der Waals surface area (Å²) in [5.74, 6) is 0. The van der Waals surface area contributed by atoms with E-state index < -0.39 is 8.80 Å². The van der Waals surface area contributed by atoms with Gasteiger partial charge in [0, 0.05) is 5.56 Å². The summed E-state index contributed by atoms with van der Waals surface area (Å²) in [6.07, 6.45) is 0. The first-order valence-electron chi connectivity index (χ1n) is 5.84. The SMILES string of the molecule is Cc1cccc([SiH](C)C(=O)c2ccccc2)c1.